The monoisotopic (exact) mass is 495 g/mol. The van der Waals surface area contributed by atoms with Crippen LogP contribution in [0, 0.1) is 5.41 Å². The number of hydrogen-bond acceptors (Lipinski definition) is 6. The van der Waals surface area contributed by atoms with Crippen LogP contribution in [0.2, 0.25) is 5.02 Å². The molecule has 1 heterocycles. The number of carbonyl (C=O) groups is 2. The molecule has 1 aliphatic heterocycles. The first kappa shape index (κ1) is 24.9. The summed E-state index contributed by atoms with van der Waals surface area (Å²) in [5.41, 5.74) is 4.08. The van der Waals surface area contributed by atoms with E-state index in [4.69, 9.17) is 25.8 Å². The van der Waals surface area contributed by atoms with Crippen molar-refractivity contribution < 1.29 is 23.8 Å². The number of ketones is 1. The molecule has 0 aromatic heterocycles. The van der Waals surface area contributed by atoms with E-state index in [2.05, 4.69) is 19.2 Å². The molecule has 1 atom stereocenters. The maximum Gasteiger partial charge on any atom is 0.336 e. The number of methoxy groups -OCH3 is 2. The molecule has 2 aromatic carbocycles. The predicted molar refractivity (Wildman–Crippen MR) is 134 cm³/mol. The van der Waals surface area contributed by atoms with Crippen LogP contribution < -0.4 is 14.8 Å². The zero-order valence-electron chi connectivity index (χ0n) is 20.7. The minimum atomic E-state index is -0.539. The fraction of sp³-hybridized carbons (Fsp3) is 0.357. The topological polar surface area (TPSA) is 73.9 Å². The molecule has 184 valence electrons. The number of rotatable bonds is 6. The van der Waals surface area contributed by atoms with Crippen LogP contribution in [-0.4, -0.2) is 26.0 Å². The summed E-state index contributed by atoms with van der Waals surface area (Å²) < 4.78 is 16.7. The Morgan fingerprint density at radius 1 is 1.11 bits per heavy atom. The molecule has 6 nitrogen and oxygen atoms in total. The molecule has 0 spiro atoms. The molecule has 0 radical (unpaired) electrons. The van der Waals surface area contributed by atoms with E-state index in [0.29, 0.717) is 39.8 Å². The minimum Gasteiger partial charge on any atom is -0.496 e. The van der Waals surface area contributed by atoms with Crippen LogP contribution in [0.1, 0.15) is 50.7 Å². The first-order valence-electron chi connectivity index (χ1n) is 11.5. The van der Waals surface area contributed by atoms with Crippen molar-refractivity contribution in [3.8, 4) is 11.5 Å². The Bertz CT molecular complexity index is 1230. The quantitative estimate of drug-likeness (QED) is 0.518. The highest BCUT2D eigenvalue weighted by molar-refractivity contribution is 6.30. The summed E-state index contributed by atoms with van der Waals surface area (Å²) in [5, 5.41) is 3.96. The standard InChI is InChI=1S/C28H30ClNO5/c1-16-24(27(32)34-5)25(26-21(30-16)13-28(2,3)14-22(26)31)17-6-11-23(33-4)18(12-17)15-35-20-9-7-19(29)8-10-20/h6-12,25,30H,13-15H2,1-5H3/t25-/m0/s1. The molecule has 0 saturated carbocycles. The summed E-state index contributed by atoms with van der Waals surface area (Å²) in [6.45, 7) is 6.26. The smallest absolute Gasteiger partial charge is 0.336 e. The van der Waals surface area contributed by atoms with Gasteiger partial charge in [0.1, 0.15) is 18.1 Å². The molecular formula is C28H30ClNO5. The second kappa shape index (κ2) is 9.78. The molecule has 4 rings (SSSR count). The van der Waals surface area contributed by atoms with Gasteiger partial charge in [-0.3, -0.25) is 4.79 Å². The number of benzene rings is 2. The maximum absolute atomic E-state index is 13.4. The summed E-state index contributed by atoms with van der Waals surface area (Å²) in [7, 11) is 2.96. The van der Waals surface area contributed by atoms with Crippen molar-refractivity contribution in [1.29, 1.82) is 0 Å². The lowest BCUT2D eigenvalue weighted by Crippen LogP contribution is -2.38. The Hall–Kier alpha value is -3.25. The van der Waals surface area contributed by atoms with Gasteiger partial charge in [0, 0.05) is 39.9 Å². The number of Topliss-reactive ketones (excluding diaryl/α,β-unsaturated/α-hetero) is 1. The number of hydrogen-bond donors (Lipinski definition) is 1. The summed E-state index contributed by atoms with van der Waals surface area (Å²) in [4.78, 5) is 26.3. The van der Waals surface area contributed by atoms with Crippen molar-refractivity contribution in [3.05, 3.63) is 81.2 Å². The van der Waals surface area contributed by atoms with Gasteiger partial charge in [0.05, 0.1) is 19.8 Å². The van der Waals surface area contributed by atoms with Crippen LogP contribution in [0.15, 0.2) is 65.0 Å². The second-order valence-electron chi connectivity index (χ2n) is 9.74. The van der Waals surface area contributed by atoms with Gasteiger partial charge in [0.15, 0.2) is 5.78 Å². The highest BCUT2D eigenvalue weighted by Gasteiger charge is 2.43. The fourth-order valence-corrected chi connectivity index (χ4v) is 5.06. The van der Waals surface area contributed by atoms with Crippen LogP contribution in [-0.2, 0) is 20.9 Å². The lowest BCUT2D eigenvalue weighted by atomic mass is 9.68. The highest BCUT2D eigenvalue weighted by atomic mass is 35.5. The number of dihydropyridines is 1. The van der Waals surface area contributed by atoms with Crippen LogP contribution >= 0.6 is 11.6 Å². The summed E-state index contributed by atoms with van der Waals surface area (Å²) in [6, 6.07) is 12.8. The van der Waals surface area contributed by atoms with Gasteiger partial charge in [-0.1, -0.05) is 31.5 Å². The Morgan fingerprint density at radius 2 is 1.83 bits per heavy atom. The van der Waals surface area contributed by atoms with Gasteiger partial charge in [-0.2, -0.15) is 0 Å². The minimum absolute atomic E-state index is 0.0393. The van der Waals surface area contributed by atoms with Gasteiger partial charge in [0.25, 0.3) is 0 Å². The van der Waals surface area contributed by atoms with Gasteiger partial charge in [-0.15, -0.1) is 0 Å². The van der Waals surface area contributed by atoms with Crippen LogP contribution in [0.3, 0.4) is 0 Å². The molecule has 35 heavy (non-hydrogen) atoms. The van der Waals surface area contributed by atoms with Crippen molar-refractivity contribution in [2.24, 2.45) is 5.41 Å². The van der Waals surface area contributed by atoms with E-state index in [1.807, 2.05) is 25.1 Å². The lowest BCUT2D eigenvalue weighted by Gasteiger charge is -2.39. The number of carbonyl (C=O) groups excluding carboxylic acids is 2. The number of allylic oxidation sites excluding steroid dienone is 3. The maximum atomic E-state index is 13.4. The first-order valence-corrected chi connectivity index (χ1v) is 11.9. The Kier molecular flexibility index (Phi) is 6.95. The van der Waals surface area contributed by atoms with E-state index in [-0.39, 0.29) is 17.8 Å². The van der Waals surface area contributed by atoms with Crippen LogP contribution in [0.4, 0.5) is 0 Å². The SMILES string of the molecule is COC(=O)C1=C(C)NC2=C(C(=O)CC(C)(C)C2)[C@H]1c1ccc(OC)c(COc2ccc(Cl)cc2)c1. The normalized spacial score (nSPS) is 19.1. The Balaban J connectivity index is 1.78. The summed E-state index contributed by atoms with van der Waals surface area (Å²) in [6.07, 6.45) is 1.14. The summed E-state index contributed by atoms with van der Waals surface area (Å²) in [5.74, 6) is 0.366. The van der Waals surface area contributed by atoms with E-state index < -0.39 is 11.9 Å². The van der Waals surface area contributed by atoms with Gasteiger partial charge < -0.3 is 19.5 Å². The van der Waals surface area contributed by atoms with Crippen molar-refractivity contribution in [2.75, 3.05) is 14.2 Å². The molecule has 0 saturated heterocycles. The lowest BCUT2D eigenvalue weighted by molar-refractivity contribution is -0.136. The highest BCUT2D eigenvalue weighted by Crippen LogP contribution is 2.47. The van der Waals surface area contributed by atoms with Crippen molar-refractivity contribution in [3.63, 3.8) is 0 Å². The molecule has 0 bridgehead atoms. The number of halogens is 1. The van der Waals surface area contributed by atoms with E-state index >= 15 is 0 Å². The van der Waals surface area contributed by atoms with Crippen molar-refractivity contribution >= 4 is 23.4 Å². The van der Waals surface area contributed by atoms with Crippen LogP contribution in [0.25, 0.3) is 0 Å². The molecule has 2 aromatic rings. The largest absolute Gasteiger partial charge is 0.496 e. The number of nitrogens with one attached hydrogen (secondary N) is 1. The zero-order valence-corrected chi connectivity index (χ0v) is 21.4. The van der Waals surface area contributed by atoms with Gasteiger partial charge in [-0.05, 0) is 60.7 Å². The van der Waals surface area contributed by atoms with Crippen LogP contribution in [0.5, 0.6) is 11.5 Å². The third-order valence-electron chi connectivity index (χ3n) is 6.49. The average molecular weight is 496 g/mol. The third-order valence-corrected chi connectivity index (χ3v) is 6.74. The van der Waals surface area contributed by atoms with Crippen molar-refractivity contribution in [1.82, 2.24) is 5.32 Å². The number of esters is 1. The number of ether oxygens (including phenoxy) is 3. The molecule has 0 fully saturated rings. The molecule has 2 aliphatic rings. The first-order chi connectivity index (χ1) is 16.6. The van der Waals surface area contributed by atoms with Gasteiger partial charge in [0.2, 0.25) is 0 Å². The molecular weight excluding hydrogens is 466 g/mol. The van der Waals surface area contributed by atoms with E-state index in [1.165, 1.54) is 7.11 Å². The third kappa shape index (κ3) is 5.08. The molecule has 7 heteroatoms. The van der Waals surface area contributed by atoms with E-state index in [9.17, 15) is 9.59 Å². The zero-order chi connectivity index (χ0) is 25.3. The average Bonchev–Trinajstić information content (AvgIpc) is 2.81. The molecule has 1 N–H and O–H groups in total. The second-order valence-corrected chi connectivity index (χ2v) is 10.2. The van der Waals surface area contributed by atoms with Gasteiger partial charge in [-0.25, -0.2) is 4.79 Å². The van der Waals surface area contributed by atoms with Gasteiger partial charge >= 0.3 is 5.97 Å². The predicted octanol–water partition coefficient (Wildman–Crippen LogP) is 5.70. The molecule has 1 aliphatic carbocycles. The van der Waals surface area contributed by atoms with E-state index in [0.717, 1.165) is 23.2 Å². The molecule has 0 unspecified atom stereocenters. The Morgan fingerprint density at radius 3 is 2.49 bits per heavy atom. The summed E-state index contributed by atoms with van der Waals surface area (Å²) >= 11 is 5.98. The van der Waals surface area contributed by atoms with E-state index in [1.54, 1.807) is 31.4 Å². The fourth-order valence-electron chi connectivity index (χ4n) is 4.93. The Labute approximate surface area is 210 Å². The molecule has 0 amide bonds. The van der Waals surface area contributed by atoms with Crippen molar-refractivity contribution in [2.45, 2.75) is 46.1 Å².